The van der Waals surface area contributed by atoms with Crippen LogP contribution in [0.4, 0.5) is 13.2 Å². The number of nitrogens with two attached hydrogens (primary N) is 1. The summed E-state index contributed by atoms with van der Waals surface area (Å²) in [6, 6.07) is 0. The van der Waals surface area contributed by atoms with Crippen LogP contribution in [0.2, 0.25) is 0 Å². The van der Waals surface area contributed by atoms with Crippen molar-refractivity contribution in [1.82, 2.24) is 9.80 Å². The number of halogens is 3. The average Bonchev–Trinajstić information content (AvgIpc) is 2.30. The molecule has 108 valence electrons. The van der Waals surface area contributed by atoms with Crippen molar-refractivity contribution < 1.29 is 13.2 Å². The van der Waals surface area contributed by atoms with Crippen LogP contribution in [-0.4, -0.2) is 61.8 Å². The van der Waals surface area contributed by atoms with Gasteiger partial charge in [-0.05, 0) is 38.9 Å². The van der Waals surface area contributed by atoms with Crippen LogP contribution >= 0.6 is 0 Å². The van der Waals surface area contributed by atoms with Gasteiger partial charge in [-0.15, -0.1) is 0 Å². The Balaban J connectivity index is 2.04. The van der Waals surface area contributed by atoms with Gasteiger partial charge in [0.1, 0.15) is 0 Å². The van der Waals surface area contributed by atoms with E-state index in [-0.39, 0.29) is 6.42 Å². The molecule has 1 heterocycles. The Bertz CT molecular complexity index is 213. The molecule has 6 heteroatoms. The summed E-state index contributed by atoms with van der Waals surface area (Å²) in [6.45, 7) is 6.08. The summed E-state index contributed by atoms with van der Waals surface area (Å²) in [7, 11) is 0. The van der Waals surface area contributed by atoms with E-state index in [0.29, 0.717) is 6.54 Å². The molecule has 0 bridgehead atoms. The van der Waals surface area contributed by atoms with E-state index in [1.54, 1.807) is 0 Å². The van der Waals surface area contributed by atoms with Gasteiger partial charge in [-0.3, -0.25) is 0 Å². The molecular weight excluding hydrogens is 243 g/mol. The summed E-state index contributed by atoms with van der Waals surface area (Å²) in [5.74, 6) is 0. The van der Waals surface area contributed by atoms with E-state index < -0.39 is 12.6 Å². The van der Waals surface area contributed by atoms with Crippen LogP contribution in [0, 0.1) is 0 Å². The molecule has 0 amide bonds. The summed E-state index contributed by atoms with van der Waals surface area (Å²) in [4.78, 5) is 4.50. The first-order chi connectivity index (χ1) is 8.51. The molecule has 2 N–H and O–H groups in total. The molecule has 18 heavy (non-hydrogen) atoms. The highest BCUT2D eigenvalue weighted by Crippen LogP contribution is 2.21. The third-order valence-electron chi connectivity index (χ3n) is 3.33. The fourth-order valence-corrected chi connectivity index (χ4v) is 2.22. The van der Waals surface area contributed by atoms with Crippen LogP contribution in [0.25, 0.3) is 0 Å². The Hall–Kier alpha value is -0.330. The normalized spacial score (nSPS) is 19.3. The minimum Gasteiger partial charge on any atom is -0.330 e. The zero-order valence-corrected chi connectivity index (χ0v) is 10.9. The Morgan fingerprint density at radius 3 is 1.78 bits per heavy atom. The van der Waals surface area contributed by atoms with Gasteiger partial charge in [0.25, 0.3) is 0 Å². The number of hydrogen-bond donors (Lipinski definition) is 1. The lowest BCUT2D eigenvalue weighted by Crippen LogP contribution is -2.46. The number of alkyl halides is 3. The molecule has 3 nitrogen and oxygen atoms in total. The lowest BCUT2D eigenvalue weighted by atomic mass is 10.2. The van der Waals surface area contributed by atoms with E-state index >= 15 is 0 Å². The summed E-state index contributed by atoms with van der Waals surface area (Å²) >= 11 is 0. The average molecular weight is 267 g/mol. The predicted octanol–water partition coefficient (Wildman–Crippen LogP) is 1.69. The summed E-state index contributed by atoms with van der Waals surface area (Å²) in [5.41, 5.74) is 5.44. The Labute approximate surface area is 107 Å². The van der Waals surface area contributed by atoms with Crippen molar-refractivity contribution >= 4 is 0 Å². The van der Waals surface area contributed by atoms with Gasteiger partial charge in [-0.2, -0.15) is 13.2 Å². The van der Waals surface area contributed by atoms with Crippen LogP contribution in [0.5, 0.6) is 0 Å². The van der Waals surface area contributed by atoms with Crippen molar-refractivity contribution in [2.45, 2.75) is 31.9 Å². The molecule has 0 radical (unpaired) electrons. The first-order valence-corrected chi connectivity index (χ1v) is 6.73. The van der Waals surface area contributed by atoms with E-state index in [1.807, 2.05) is 0 Å². The number of nitrogens with zero attached hydrogens (tertiary/aromatic N) is 2. The summed E-state index contributed by atoms with van der Waals surface area (Å²) < 4.78 is 36.0. The second kappa shape index (κ2) is 7.96. The number of rotatable bonds is 7. The molecule has 0 aromatic heterocycles. The third kappa shape index (κ3) is 7.18. The van der Waals surface area contributed by atoms with Gasteiger partial charge in [0.05, 0.1) is 0 Å². The number of hydrogen-bond acceptors (Lipinski definition) is 3. The molecule has 0 aromatic carbocycles. The first-order valence-electron chi connectivity index (χ1n) is 6.73. The third-order valence-corrected chi connectivity index (χ3v) is 3.33. The van der Waals surface area contributed by atoms with Gasteiger partial charge in [0.15, 0.2) is 0 Å². The van der Waals surface area contributed by atoms with E-state index in [2.05, 4.69) is 9.80 Å². The zero-order valence-electron chi connectivity index (χ0n) is 10.9. The highest BCUT2D eigenvalue weighted by atomic mass is 19.4. The molecule has 1 fully saturated rings. The van der Waals surface area contributed by atoms with Crippen LogP contribution in [-0.2, 0) is 0 Å². The topological polar surface area (TPSA) is 32.5 Å². The molecule has 1 aliphatic rings. The minimum absolute atomic E-state index is 0.219. The van der Waals surface area contributed by atoms with Gasteiger partial charge in [-0.25, -0.2) is 0 Å². The molecule has 0 spiro atoms. The van der Waals surface area contributed by atoms with Crippen molar-refractivity contribution in [3.63, 3.8) is 0 Å². The van der Waals surface area contributed by atoms with Crippen molar-refractivity contribution in [2.75, 3.05) is 45.8 Å². The standard InChI is InChI=1S/C12H24F3N3/c13-12(14,15)4-3-7-18-10-8-17(9-11-18)6-2-1-5-16/h1-11,16H2. The van der Waals surface area contributed by atoms with Crippen molar-refractivity contribution in [2.24, 2.45) is 5.73 Å². The zero-order chi connectivity index (χ0) is 13.4. The number of piperazine rings is 1. The monoisotopic (exact) mass is 267 g/mol. The quantitative estimate of drug-likeness (QED) is 0.712. The SMILES string of the molecule is NCCCCN1CCN(CCCC(F)(F)F)CC1. The Kier molecular flexibility index (Phi) is 6.96. The fraction of sp³-hybridized carbons (Fsp3) is 1.00. The van der Waals surface area contributed by atoms with Gasteiger partial charge in [-0.1, -0.05) is 0 Å². The molecule has 0 saturated carbocycles. The van der Waals surface area contributed by atoms with E-state index in [0.717, 1.165) is 52.1 Å². The van der Waals surface area contributed by atoms with Gasteiger partial charge >= 0.3 is 6.18 Å². The van der Waals surface area contributed by atoms with Crippen LogP contribution in [0.1, 0.15) is 25.7 Å². The lowest BCUT2D eigenvalue weighted by molar-refractivity contribution is -0.136. The van der Waals surface area contributed by atoms with Crippen LogP contribution < -0.4 is 5.73 Å². The maximum atomic E-state index is 12.0. The van der Waals surface area contributed by atoms with E-state index in [4.69, 9.17) is 5.73 Å². The van der Waals surface area contributed by atoms with Gasteiger partial charge in [0.2, 0.25) is 0 Å². The highest BCUT2D eigenvalue weighted by Gasteiger charge is 2.26. The van der Waals surface area contributed by atoms with Crippen LogP contribution in [0.15, 0.2) is 0 Å². The largest absolute Gasteiger partial charge is 0.389 e. The van der Waals surface area contributed by atoms with Crippen molar-refractivity contribution in [1.29, 1.82) is 0 Å². The summed E-state index contributed by atoms with van der Waals surface area (Å²) in [6.07, 6.45) is -2.29. The fourth-order valence-electron chi connectivity index (χ4n) is 2.22. The first kappa shape index (κ1) is 15.7. The second-order valence-corrected chi connectivity index (χ2v) is 4.90. The molecular formula is C12H24F3N3. The Morgan fingerprint density at radius 1 is 0.833 bits per heavy atom. The van der Waals surface area contributed by atoms with E-state index in [9.17, 15) is 13.2 Å². The second-order valence-electron chi connectivity index (χ2n) is 4.90. The predicted molar refractivity (Wildman–Crippen MR) is 66.5 cm³/mol. The van der Waals surface area contributed by atoms with E-state index in [1.165, 1.54) is 0 Å². The molecule has 0 aliphatic carbocycles. The molecule has 0 aromatic rings. The molecule has 0 atom stereocenters. The van der Waals surface area contributed by atoms with Gasteiger partial charge in [0, 0.05) is 32.6 Å². The maximum Gasteiger partial charge on any atom is 0.389 e. The molecule has 1 saturated heterocycles. The smallest absolute Gasteiger partial charge is 0.330 e. The van der Waals surface area contributed by atoms with Crippen LogP contribution in [0.3, 0.4) is 0 Å². The number of unbranched alkanes of at least 4 members (excludes halogenated alkanes) is 1. The van der Waals surface area contributed by atoms with Gasteiger partial charge < -0.3 is 15.5 Å². The Morgan fingerprint density at radius 2 is 1.33 bits per heavy atom. The molecule has 1 aliphatic heterocycles. The highest BCUT2D eigenvalue weighted by molar-refractivity contribution is 4.72. The maximum absolute atomic E-state index is 12.0. The van der Waals surface area contributed by atoms with Crippen molar-refractivity contribution in [3.05, 3.63) is 0 Å². The van der Waals surface area contributed by atoms with Crippen molar-refractivity contribution in [3.8, 4) is 0 Å². The molecule has 0 unspecified atom stereocenters. The molecule has 1 rings (SSSR count). The minimum atomic E-state index is -4.01. The lowest BCUT2D eigenvalue weighted by Gasteiger charge is -2.34. The summed E-state index contributed by atoms with van der Waals surface area (Å²) in [5, 5.41) is 0.